The molecule has 0 unspecified atom stereocenters. The lowest BCUT2D eigenvalue weighted by atomic mass is 10.0. The number of benzene rings is 1. The minimum atomic E-state index is -0.419. The smallest absolute Gasteiger partial charge is 0.286 e. The SMILES string of the molecule is C[C@@H]1CCCCN1CCCNC(=O)c1nnc(C(=O)Nc2cccc(Cl)c2)s1. The molecule has 150 valence electrons. The average Bonchev–Trinajstić information content (AvgIpc) is 3.17. The summed E-state index contributed by atoms with van der Waals surface area (Å²) in [5.74, 6) is -0.719. The van der Waals surface area contributed by atoms with E-state index in [1.807, 2.05) is 0 Å². The zero-order chi connectivity index (χ0) is 19.9. The van der Waals surface area contributed by atoms with Gasteiger partial charge in [0.2, 0.25) is 10.0 Å². The van der Waals surface area contributed by atoms with E-state index in [0.29, 0.717) is 23.3 Å². The van der Waals surface area contributed by atoms with Gasteiger partial charge in [-0.1, -0.05) is 35.4 Å². The van der Waals surface area contributed by atoms with Gasteiger partial charge in [0, 0.05) is 29.8 Å². The van der Waals surface area contributed by atoms with Crippen LogP contribution in [0.2, 0.25) is 5.02 Å². The second kappa shape index (κ2) is 9.95. The Bertz CT molecular complexity index is 828. The number of carbonyl (C=O) groups excluding carboxylic acids is 2. The first-order valence-corrected chi connectivity index (χ1v) is 10.6. The third-order valence-corrected chi connectivity index (χ3v) is 5.90. The highest BCUT2D eigenvalue weighted by Crippen LogP contribution is 2.18. The van der Waals surface area contributed by atoms with Crippen molar-refractivity contribution in [3.05, 3.63) is 39.3 Å². The first-order chi connectivity index (χ1) is 13.5. The lowest BCUT2D eigenvalue weighted by Crippen LogP contribution is -2.39. The first-order valence-electron chi connectivity index (χ1n) is 9.45. The van der Waals surface area contributed by atoms with Gasteiger partial charge in [-0.2, -0.15) is 0 Å². The monoisotopic (exact) mass is 421 g/mol. The number of nitrogens with one attached hydrogen (secondary N) is 2. The number of rotatable bonds is 7. The van der Waals surface area contributed by atoms with Crippen LogP contribution >= 0.6 is 22.9 Å². The molecule has 1 atom stereocenters. The van der Waals surface area contributed by atoms with Crippen molar-refractivity contribution < 1.29 is 9.59 Å². The molecule has 1 aliphatic rings. The summed E-state index contributed by atoms with van der Waals surface area (Å²) in [6.45, 7) is 4.95. The highest BCUT2D eigenvalue weighted by molar-refractivity contribution is 7.15. The van der Waals surface area contributed by atoms with Gasteiger partial charge in [-0.05, 0) is 50.9 Å². The van der Waals surface area contributed by atoms with E-state index in [-0.39, 0.29) is 15.9 Å². The molecule has 2 heterocycles. The van der Waals surface area contributed by atoms with E-state index in [2.05, 4.69) is 32.7 Å². The Kier molecular flexibility index (Phi) is 7.36. The van der Waals surface area contributed by atoms with E-state index in [4.69, 9.17) is 11.6 Å². The topological polar surface area (TPSA) is 87.2 Å². The van der Waals surface area contributed by atoms with Crippen LogP contribution in [0, 0.1) is 0 Å². The molecule has 1 aliphatic heterocycles. The molecule has 0 bridgehead atoms. The normalized spacial score (nSPS) is 17.3. The Morgan fingerprint density at radius 3 is 2.79 bits per heavy atom. The van der Waals surface area contributed by atoms with E-state index in [9.17, 15) is 9.59 Å². The third kappa shape index (κ3) is 5.73. The third-order valence-electron chi connectivity index (χ3n) is 4.74. The van der Waals surface area contributed by atoms with Crippen LogP contribution in [0.1, 0.15) is 52.2 Å². The maximum Gasteiger partial charge on any atom is 0.286 e. The van der Waals surface area contributed by atoms with Crippen molar-refractivity contribution >= 4 is 40.4 Å². The summed E-state index contributed by atoms with van der Waals surface area (Å²) >= 11 is 6.87. The second-order valence-corrected chi connectivity index (χ2v) is 8.28. The molecule has 2 N–H and O–H groups in total. The molecule has 9 heteroatoms. The van der Waals surface area contributed by atoms with Crippen LogP contribution in [0.15, 0.2) is 24.3 Å². The van der Waals surface area contributed by atoms with Crippen LogP contribution in [0.5, 0.6) is 0 Å². The number of likely N-dealkylation sites (tertiary alicyclic amines) is 1. The molecule has 2 amide bonds. The van der Waals surface area contributed by atoms with E-state index in [1.54, 1.807) is 24.3 Å². The van der Waals surface area contributed by atoms with E-state index >= 15 is 0 Å². The van der Waals surface area contributed by atoms with E-state index in [0.717, 1.165) is 30.8 Å². The number of hydrogen-bond acceptors (Lipinski definition) is 6. The van der Waals surface area contributed by atoms with Crippen molar-refractivity contribution in [2.75, 3.05) is 25.0 Å². The zero-order valence-electron chi connectivity index (χ0n) is 15.8. The Morgan fingerprint density at radius 2 is 2.04 bits per heavy atom. The van der Waals surface area contributed by atoms with Gasteiger partial charge in [0.1, 0.15) is 0 Å². The largest absolute Gasteiger partial charge is 0.350 e. The highest BCUT2D eigenvalue weighted by atomic mass is 35.5. The minimum Gasteiger partial charge on any atom is -0.350 e. The zero-order valence-corrected chi connectivity index (χ0v) is 17.4. The minimum absolute atomic E-state index is 0.132. The van der Waals surface area contributed by atoms with Crippen LogP contribution in [-0.2, 0) is 0 Å². The van der Waals surface area contributed by atoms with Crippen molar-refractivity contribution in [3.8, 4) is 0 Å². The molecule has 1 saturated heterocycles. The molecule has 1 aromatic carbocycles. The predicted molar refractivity (Wildman–Crippen MR) is 111 cm³/mol. The summed E-state index contributed by atoms with van der Waals surface area (Å²) < 4.78 is 0. The quantitative estimate of drug-likeness (QED) is 0.668. The molecule has 0 aliphatic carbocycles. The van der Waals surface area contributed by atoms with Crippen molar-refractivity contribution in [1.82, 2.24) is 20.4 Å². The number of amides is 2. The molecule has 0 spiro atoms. The van der Waals surface area contributed by atoms with Crippen molar-refractivity contribution in [3.63, 3.8) is 0 Å². The summed E-state index contributed by atoms with van der Waals surface area (Å²) in [5, 5.41) is 14.0. The fraction of sp³-hybridized carbons (Fsp3) is 0.474. The van der Waals surface area contributed by atoms with E-state index < -0.39 is 5.91 Å². The Morgan fingerprint density at radius 1 is 1.25 bits per heavy atom. The summed E-state index contributed by atoms with van der Waals surface area (Å²) in [6, 6.07) is 7.44. The summed E-state index contributed by atoms with van der Waals surface area (Å²) in [5.41, 5.74) is 0.561. The molecule has 28 heavy (non-hydrogen) atoms. The summed E-state index contributed by atoms with van der Waals surface area (Å²) in [6.07, 6.45) is 4.69. The predicted octanol–water partition coefficient (Wildman–Crippen LogP) is 3.44. The number of aromatic nitrogens is 2. The average molecular weight is 422 g/mol. The van der Waals surface area contributed by atoms with Gasteiger partial charge in [0.15, 0.2) is 0 Å². The number of piperidine rings is 1. The number of nitrogens with zero attached hydrogens (tertiary/aromatic N) is 3. The summed E-state index contributed by atoms with van der Waals surface area (Å²) in [7, 11) is 0. The standard InChI is InChI=1S/C19H24ClN5O2S/c1-13-6-2-3-10-25(13)11-5-9-21-16(26)18-23-24-19(28-18)17(27)22-15-8-4-7-14(20)12-15/h4,7-8,12-13H,2-3,5-6,9-11H2,1H3,(H,21,26)(H,22,27)/t13-/m1/s1. The Labute approximate surface area is 173 Å². The maximum atomic E-state index is 12.2. The maximum absolute atomic E-state index is 12.2. The molecular formula is C19H24ClN5O2S. The lowest BCUT2D eigenvalue weighted by Gasteiger charge is -2.33. The fourth-order valence-corrected chi connectivity index (χ4v) is 4.05. The molecule has 0 saturated carbocycles. The van der Waals surface area contributed by atoms with Crippen LogP contribution in [0.4, 0.5) is 5.69 Å². The second-order valence-electron chi connectivity index (χ2n) is 6.87. The lowest BCUT2D eigenvalue weighted by molar-refractivity contribution is 0.0946. The summed E-state index contributed by atoms with van der Waals surface area (Å²) in [4.78, 5) is 26.9. The Balaban J connectivity index is 1.45. The molecule has 1 fully saturated rings. The van der Waals surface area contributed by atoms with Gasteiger partial charge >= 0.3 is 0 Å². The van der Waals surface area contributed by atoms with Gasteiger partial charge < -0.3 is 15.5 Å². The number of carbonyl (C=O) groups is 2. The van der Waals surface area contributed by atoms with Crippen molar-refractivity contribution in [1.29, 1.82) is 0 Å². The van der Waals surface area contributed by atoms with Crippen LogP contribution in [0.3, 0.4) is 0 Å². The van der Waals surface area contributed by atoms with Gasteiger partial charge in [0.25, 0.3) is 11.8 Å². The van der Waals surface area contributed by atoms with Gasteiger partial charge in [0.05, 0.1) is 0 Å². The van der Waals surface area contributed by atoms with Gasteiger partial charge in [-0.15, -0.1) is 10.2 Å². The van der Waals surface area contributed by atoms with Gasteiger partial charge in [-0.25, -0.2) is 0 Å². The first kappa shape index (κ1) is 20.7. The van der Waals surface area contributed by atoms with E-state index in [1.165, 1.54) is 19.3 Å². The number of hydrogen-bond donors (Lipinski definition) is 2. The van der Waals surface area contributed by atoms with Gasteiger partial charge in [-0.3, -0.25) is 9.59 Å². The molecule has 7 nitrogen and oxygen atoms in total. The molecule has 0 radical (unpaired) electrons. The van der Waals surface area contributed by atoms with Crippen molar-refractivity contribution in [2.24, 2.45) is 0 Å². The van der Waals surface area contributed by atoms with Crippen LogP contribution < -0.4 is 10.6 Å². The molecular weight excluding hydrogens is 398 g/mol. The Hall–Kier alpha value is -2.03. The number of anilines is 1. The molecule has 2 aromatic rings. The van der Waals surface area contributed by atoms with Crippen LogP contribution in [0.25, 0.3) is 0 Å². The highest BCUT2D eigenvalue weighted by Gasteiger charge is 2.19. The molecule has 1 aromatic heterocycles. The van der Waals surface area contributed by atoms with Crippen LogP contribution in [-0.4, -0.2) is 52.6 Å². The van der Waals surface area contributed by atoms with Crippen molar-refractivity contribution in [2.45, 2.75) is 38.6 Å². The molecule has 3 rings (SSSR count). The number of halogens is 1. The fourth-order valence-electron chi connectivity index (χ4n) is 3.21.